The first kappa shape index (κ1) is 17.1. The highest BCUT2D eigenvalue weighted by atomic mass is 35.5. The molecule has 0 spiro atoms. The van der Waals surface area contributed by atoms with Crippen molar-refractivity contribution in [2.45, 2.75) is 26.3 Å². The van der Waals surface area contributed by atoms with Crippen LogP contribution >= 0.6 is 35.4 Å². The van der Waals surface area contributed by atoms with E-state index in [1.54, 1.807) is 4.68 Å². The van der Waals surface area contributed by atoms with Gasteiger partial charge in [0.05, 0.1) is 6.54 Å². The maximum absolute atomic E-state index is 6.17. The first-order valence-corrected chi connectivity index (χ1v) is 8.27. The minimum absolute atomic E-state index is 0.510. The lowest BCUT2D eigenvalue weighted by Crippen LogP contribution is -2.29. The summed E-state index contributed by atoms with van der Waals surface area (Å²) in [5.41, 5.74) is 0.851. The third kappa shape index (κ3) is 4.87. The number of nitrogens with one attached hydrogen (secondary N) is 2. The van der Waals surface area contributed by atoms with Crippen molar-refractivity contribution in [1.82, 2.24) is 15.1 Å². The minimum Gasteiger partial charge on any atom is -0.362 e. The summed E-state index contributed by atoms with van der Waals surface area (Å²) in [6, 6.07) is 7.32. The Hall–Kier alpha value is -1.30. The van der Waals surface area contributed by atoms with Crippen molar-refractivity contribution in [3.63, 3.8) is 0 Å². The summed E-state index contributed by atoms with van der Waals surface area (Å²) < 4.78 is 1.77. The molecule has 0 atom stereocenters. The van der Waals surface area contributed by atoms with E-state index in [2.05, 4.69) is 22.7 Å². The second kappa shape index (κ2) is 8.36. The zero-order valence-corrected chi connectivity index (χ0v) is 14.6. The Morgan fingerprint density at radius 1 is 1.27 bits per heavy atom. The van der Waals surface area contributed by atoms with Crippen molar-refractivity contribution in [1.29, 1.82) is 0 Å². The van der Waals surface area contributed by atoms with E-state index in [0.29, 0.717) is 27.5 Å². The first-order chi connectivity index (χ1) is 10.6. The number of aromatic nitrogens is 2. The monoisotopic (exact) mass is 356 g/mol. The van der Waals surface area contributed by atoms with Gasteiger partial charge < -0.3 is 10.6 Å². The molecule has 0 unspecified atom stereocenters. The second-order valence-corrected chi connectivity index (χ2v) is 6.06. The molecule has 0 saturated carbocycles. The van der Waals surface area contributed by atoms with Gasteiger partial charge in [-0.1, -0.05) is 42.6 Å². The summed E-state index contributed by atoms with van der Waals surface area (Å²) in [4.78, 5) is 0. The van der Waals surface area contributed by atoms with E-state index < -0.39 is 0 Å². The quantitative estimate of drug-likeness (QED) is 0.597. The number of anilines is 1. The number of benzene rings is 1. The van der Waals surface area contributed by atoms with Gasteiger partial charge >= 0.3 is 0 Å². The van der Waals surface area contributed by atoms with Crippen molar-refractivity contribution in [2.75, 3.05) is 11.9 Å². The molecule has 1 aromatic carbocycles. The number of rotatable bonds is 6. The first-order valence-electron chi connectivity index (χ1n) is 7.11. The zero-order chi connectivity index (χ0) is 15.9. The van der Waals surface area contributed by atoms with Crippen molar-refractivity contribution < 1.29 is 0 Å². The molecule has 0 fully saturated rings. The number of unbranched alkanes of at least 4 members (excludes halogenated alkanes) is 1. The normalized spacial score (nSPS) is 10.5. The lowest BCUT2D eigenvalue weighted by atomic mass is 10.2. The van der Waals surface area contributed by atoms with Crippen molar-refractivity contribution in [3.8, 4) is 0 Å². The molecule has 0 aliphatic heterocycles. The molecule has 7 heteroatoms. The van der Waals surface area contributed by atoms with Crippen LogP contribution in [-0.4, -0.2) is 21.4 Å². The van der Waals surface area contributed by atoms with Gasteiger partial charge in [0.15, 0.2) is 10.9 Å². The SMILES string of the molecule is CCCCNC(=S)Nc1ccn(Cc2c(Cl)cccc2Cl)n1. The molecule has 0 radical (unpaired) electrons. The fourth-order valence-corrected chi connectivity index (χ4v) is 2.62. The Labute approximate surface area is 145 Å². The smallest absolute Gasteiger partial charge is 0.171 e. The van der Waals surface area contributed by atoms with Gasteiger partial charge in [0, 0.05) is 34.4 Å². The summed E-state index contributed by atoms with van der Waals surface area (Å²) in [5, 5.41) is 12.5. The van der Waals surface area contributed by atoms with Gasteiger partial charge in [0.25, 0.3) is 0 Å². The molecule has 2 aromatic rings. The maximum Gasteiger partial charge on any atom is 0.171 e. The highest BCUT2D eigenvalue weighted by molar-refractivity contribution is 7.80. The van der Waals surface area contributed by atoms with Crippen molar-refractivity contribution >= 4 is 46.4 Å². The maximum atomic E-state index is 6.17. The van der Waals surface area contributed by atoms with Crippen LogP contribution in [0.15, 0.2) is 30.5 Å². The largest absolute Gasteiger partial charge is 0.362 e. The molecule has 22 heavy (non-hydrogen) atoms. The van der Waals surface area contributed by atoms with Crippen LogP contribution in [0.1, 0.15) is 25.3 Å². The molecule has 1 heterocycles. The molecule has 0 aliphatic rings. The number of hydrogen-bond acceptors (Lipinski definition) is 2. The average Bonchev–Trinajstić information content (AvgIpc) is 2.90. The van der Waals surface area contributed by atoms with Gasteiger partial charge in [-0.25, -0.2) is 0 Å². The summed E-state index contributed by atoms with van der Waals surface area (Å²) >= 11 is 17.6. The van der Waals surface area contributed by atoms with Crippen LogP contribution in [-0.2, 0) is 6.54 Å². The van der Waals surface area contributed by atoms with E-state index in [1.807, 2.05) is 30.5 Å². The summed E-state index contributed by atoms with van der Waals surface area (Å²) in [6.07, 6.45) is 4.07. The van der Waals surface area contributed by atoms with Crippen LogP contribution in [0.25, 0.3) is 0 Å². The molecular weight excluding hydrogens is 339 g/mol. The summed E-state index contributed by atoms with van der Waals surface area (Å²) in [5.74, 6) is 0.692. The minimum atomic E-state index is 0.510. The standard InChI is InChI=1S/C15H18Cl2N4S/c1-2-3-8-18-15(22)19-14-7-9-21(20-14)10-11-12(16)5-4-6-13(11)17/h4-7,9H,2-3,8,10H2,1H3,(H2,18,19,20,22). The third-order valence-electron chi connectivity index (χ3n) is 3.08. The highest BCUT2D eigenvalue weighted by Gasteiger charge is 2.08. The number of nitrogens with zero attached hydrogens (tertiary/aromatic N) is 2. The molecule has 0 saturated heterocycles. The van der Waals surface area contributed by atoms with Crippen LogP contribution < -0.4 is 10.6 Å². The Bertz CT molecular complexity index is 622. The van der Waals surface area contributed by atoms with Gasteiger partial charge in [0.1, 0.15) is 0 Å². The van der Waals surface area contributed by atoms with Gasteiger partial charge in [-0.05, 0) is 30.8 Å². The molecule has 0 aliphatic carbocycles. The summed E-state index contributed by atoms with van der Waals surface area (Å²) in [6.45, 7) is 3.51. The van der Waals surface area contributed by atoms with Gasteiger partial charge in [0.2, 0.25) is 0 Å². The molecule has 0 amide bonds. The van der Waals surface area contributed by atoms with E-state index in [-0.39, 0.29) is 0 Å². The highest BCUT2D eigenvalue weighted by Crippen LogP contribution is 2.25. The van der Waals surface area contributed by atoms with E-state index in [0.717, 1.165) is 24.9 Å². The Balaban J connectivity index is 1.95. The Morgan fingerprint density at radius 2 is 2.00 bits per heavy atom. The molecule has 118 valence electrons. The zero-order valence-electron chi connectivity index (χ0n) is 12.3. The number of hydrogen-bond donors (Lipinski definition) is 2. The Morgan fingerprint density at radius 3 is 2.68 bits per heavy atom. The molecular formula is C15H18Cl2N4S. The van der Waals surface area contributed by atoms with E-state index >= 15 is 0 Å². The molecule has 1 aromatic heterocycles. The predicted octanol–water partition coefficient (Wildman–Crippen LogP) is 4.32. The van der Waals surface area contributed by atoms with Crippen LogP contribution in [0.3, 0.4) is 0 Å². The topological polar surface area (TPSA) is 41.9 Å². The fraction of sp³-hybridized carbons (Fsp3) is 0.333. The molecule has 4 nitrogen and oxygen atoms in total. The predicted molar refractivity (Wildman–Crippen MR) is 96.9 cm³/mol. The number of thiocarbonyl (C=S) groups is 1. The third-order valence-corrected chi connectivity index (χ3v) is 4.03. The van der Waals surface area contributed by atoms with Crippen molar-refractivity contribution in [3.05, 3.63) is 46.1 Å². The molecule has 0 bridgehead atoms. The van der Waals surface area contributed by atoms with E-state index in [9.17, 15) is 0 Å². The van der Waals surface area contributed by atoms with Gasteiger partial charge in [-0.3, -0.25) is 4.68 Å². The lowest BCUT2D eigenvalue weighted by Gasteiger charge is -2.08. The number of halogens is 2. The summed E-state index contributed by atoms with van der Waals surface area (Å²) in [7, 11) is 0. The average molecular weight is 357 g/mol. The van der Waals surface area contributed by atoms with Gasteiger partial charge in [-0.2, -0.15) is 5.10 Å². The Kier molecular flexibility index (Phi) is 6.49. The van der Waals surface area contributed by atoms with Crippen LogP contribution in [0, 0.1) is 0 Å². The van der Waals surface area contributed by atoms with Crippen molar-refractivity contribution in [2.24, 2.45) is 0 Å². The van der Waals surface area contributed by atoms with Crippen LogP contribution in [0.2, 0.25) is 10.0 Å². The second-order valence-electron chi connectivity index (χ2n) is 4.83. The van der Waals surface area contributed by atoms with Crippen LogP contribution in [0.4, 0.5) is 5.82 Å². The van der Waals surface area contributed by atoms with Gasteiger partial charge in [-0.15, -0.1) is 0 Å². The lowest BCUT2D eigenvalue weighted by molar-refractivity contribution is 0.690. The molecule has 2 rings (SSSR count). The van der Waals surface area contributed by atoms with Crippen LogP contribution in [0.5, 0.6) is 0 Å². The fourth-order valence-electron chi connectivity index (χ4n) is 1.90. The molecule has 2 N–H and O–H groups in total. The van der Waals surface area contributed by atoms with E-state index in [4.69, 9.17) is 35.4 Å². The van der Waals surface area contributed by atoms with E-state index in [1.165, 1.54) is 0 Å².